The fourth-order valence-corrected chi connectivity index (χ4v) is 5.02. The average molecular weight is 683 g/mol. The number of benzene rings is 2. The quantitative estimate of drug-likeness (QED) is 0.0562. The number of aliphatic carboxylic acids is 1. The van der Waals surface area contributed by atoms with Gasteiger partial charge in [-0.25, -0.2) is 4.39 Å². The second-order valence-electron chi connectivity index (χ2n) is 8.58. The van der Waals surface area contributed by atoms with E-state index in [-0.39, 0.29) is 17.1 Å². The van der Waals surface area contributed by atoms with Crippen LogP contribution in [-0.4, -0.2) is 89.2 Å². The maximum absolute atomic E-state index is 13.1. The van der Waals surface area contributed by atoms with Gasteiger partial charge in [0.05, 0.1) is 12.5 Å². The maximum atomic E-state index is 13.1. The third-order valence-electron chi connectivity index (χ3n) is 5.40. The minimum absolute atomic E-state index is 0.0389. The van der Waals surface area contributed by atoms with E-state index in [9.17, 15) is 51.7 Å². The molecule has 0 fully saturated rings. The molecule has 0 radical (unpaired) electrons. The van der Waals surface area contributed by atoms with Crippen molar-refractivity contribution in [3.63, 3.8) is 0 Å². The third-order valence-corrected chi connectivity index (χ3v) is 8.03. The number of thioether (sulfide) groups is 1. The molecule has 43 heavy (non-hydrogen) atoms. The van der Waals surface area contributed by atoms with Gasteiger partial charge >= 0.3 is 136 Å². The van der Waals surface area contributed by atoms with Crippen LogP contribution >= 0.6 is 11.8 Å². The van der Waals surface area contributed by atoms with Crippen LogP contribution in [0.1, 0.15) is 23.2 Å². The van der Waals surface area contributed by atoms with Crippen molar-refractivity contribution in [3.05, 3.63) is 59.9 Å². The zero-order valence-corrected chi connectivity index (χ0v) is 24.8. The molecule has 0 unspecified atom stereocenters. The molecule has 2 rings (SSSR count). The van der Waals surface area contributed by atoms with Crippen LogP contribution in [0.5, 0.6) is 0 Å². The molecule has 2 atom stereocenters. The predicted molar refractivity (Wildman–Crippen MR) is 145 cm³/mol. The Morgan fingerprint density at radius 2 is 1.58 bits per heavy atom. The van der Waals surface area contributed by atoms with Crippen LogP contribution in [0.2, 0.25) is 0 Å². The Labute approximate surface area is 253 Å². The second kappa shape index (κ2) is 17.8. The summed E-state index contributed by atoms with van der Waals surface area (Å²) in [6.45, 7) is -0.856. The average Bonchev–Trinajstić information content (AvgIpc) is 2.97. The van der Waals surface area contributed by atoms with Gasteiger partial charge in [-0.05, 0) is 30.7 Å². The summed E-state index contributed by atoms with van der Waals surface area (Å²) in [7, 11) is 0. The van der Waals surface area contributed by atoms with Crippen LogP contribution < -0.4 is 36.0 Å². The number of nitrogens with one attached hydrogen (secondary N) is 4. The summed E-state index contributed by atoms with van der Waals surface area (Å²) in [6, 6.07) is 7.20. The molecule has 0 aliphatic heterocycles. The van der Waals surface area contributed by atoms with Gasteiger partial charge in [-0.2, -0.15) is 0 Å². The van der Waals surface area contributed by atoms with Crippen LogP contribution in [0.25, 0.3) is 0 Å². The minimum atomic E-state index is -3.05. The van der Waals surface area contributed by atoms with E-state index >= 15 is 0 Å². The van der Waals surface area contributed by atoms with Crippen LogP contribution in [0.15, 0.2) is 48.5 Å². The van der Waals surface area contributed by atoms with E-state index in [4.69, 9.17) is 0 Å². The van der Waals surface area contributed by atoms with Crippen molar-refractivity contribution in [3.8, 4) is 0 Å². The van der Waals surface area contributed by atoms with Crippen molar-refractivity contribution in [1.29, 1.82) is 0 Å². The molecule has 0 aliphatic rings. The van der Waals surface area contributed by atoms with E-state index < -0.39 is 88.2 Å². The molecule has 0 saturated carbocycles. The number of carbonyl (C=O) groups excluding carboxylic acids is 6. The van der Waals surface area contributed by atoms with Gasteiger partial charge in [0.15, 0.2) is 0 Å². The molecule has 15 nitrogen and oxygen atoms in total. The summed E-state index contributed by atoms with van der Waals surface area (Å²) in [5.41, 5.74) is 0.336. The number of halogens is 1. The van der Waals surface area contributed by atoms with Gasteiger partial charge in [0, 0.05) is 12.0 Å². The van der Waals surface area contributed by atoms with E-state index in [1.165, 1.54) is 24.3 Å². The van der Waals surface area contributed by atoms with Crippen LogP contribution in [0, 0.1) is 5.82 Å². The first-order valence-electron chi connectivity index (χ1n) is 12.2. The topological polar surface area (TPSA) is 246 Å². The fourth-order valence-electron chi connectivity index (χ4n) is 3.30. The molecule has 0 spiro atoms. The van der Waals surface area contributed by atoms with E-state index in [2.05, 4.69) is 26.2 Å². The summed E-state index contributed by atoms with van der Waals surface area (Å²) in [4.78, 5) is 75.8. The first-order valence-corrected chi connectivity index (χ1v) is 16.0. The molecule has 6 N–H and O–H groups in total. The van der Waals surface area contributed by atoms with E-state index in [0.29, 0.717) is 10.0 Å². The van der Waals surface area contributed by atoms with E-state index in [1.54, 1.807) is 0 Å². The fraction of sp³-hybridized carbons (Fsp3) is 0.280. The number of anilines is 1. The molecule has 0 bridgehead atoms. The summed E-state index contributed by atoms with van der Waals surface area (Å²) in [5, 5.41) is 30.6. The van der Waals surface area contributed by atoms with Gasteiger partial charge in [-0.3, -0.25) is 14.4 Å². The molecule has 2 aromatic rings. The summed E-state index contributed by atoms with van der Waals surface area (Å²) in [6.07, 6.45) is -0.933. The molecule has 0 aliphatic carbocycles. The summed E-state index contributed by atoms with van der Waals surface area (Å²) >= 11 is -2.13. The number of hydrogen-bond acceptors (Lipinski definition) is 12. The predicted octanol–water partition coefficient (Wildman–Crippen LogP) is -4.07. The van der Waals surface area contributed by atoms with Gasteiger partial charge < -0.3 is 25.4 Å². The summed E-state index contributed by atoms with van der Waals surface area (Å²) in [5.74, 6) is -7.07. The molecule has 0 aromatic heterocycles. The van der Waals surface area contributed by atoms with E-state index in [0.717, 1.165) is 36.0 Å². The molecule has 2 aromatic carbocycles. The Balaban J connectivity index is 1.96. The Morgan fingerprint density at radius 3 is 2.16 bits per heavy atom. The zero-order valence-electron chi connectivity index (χ0n) is 22.1. The van der Waals surface area contributed by atoms with Crippen molar-refractivity contribution in [2.24, 2.45) is 0 Å². The zero-order chi connectivity index (χ0) is 31.9. The molecule has 0 heterocycles. The smallest absolute Gasteiger partial charge is 0.662 e. The van der Waals surface area contributed by atoms with Gasteiger partial charge in [0.1, 0.15) is 11.9 Å². The Bertz CT molecular complexity index is 1300. The molecule has 4 amide bonds. The normalized spacial score (nSPS) is 12.0. The van der Waals surface area contributed by atoms with Gasteiger partial charge in [-0.15, -0.1) is 0 Å². The first-order chi connectivity index (χ1) is 20.4. The number of amides is 4. The van der Waals surface area contributed by atoms with Crippen LogP contribution in [0.4, 0.5) is 10.1 Å². The summed E-state index contributed by atoms with van der Waals surface area (Å²) < 4.78 is 32.0. The molecule has 0 saturated heterocycles. The molecular formula is C25H26AsFN4O11S-2. The number of carbonyl (C=O) groups is 6. The van der Waals surface area contributed by atoms with Gasteiger partial charge in [0.25, 0.3) is 5.91 Å². The molecule has 18 heteroatoms. The van der Waals surface area contributed by atoms with Crippen molar-refractivity contribution >= 4 is 72.7 Å². The Kier molecular flexibility index (Phi) is 14.6. The number of carboxylic acids is 1. The second-order valence-corrected chi connectivity index (χ2v) is 11.9. The van der Waals surface area contributed by atoms with Gasteiger partial charge in [0.2, 0.25) is 0 Å². The number of carboxylic acid groups (broad SMARTS) is 1. The number of rotatable bonds is 16. The van der Waals surface area contributed by atoms with Crippen molar-refractivity contribution < 1.29 is 56.6 Å². The van der Waals surface area contributed by atoms with Crippen molar-refractivity contribution in [2.75, 3.05) is 23.4 Å². The van der Waals surface area contributed by atoms with Gasteiger partial charge in [-0.1, -0.05) is 0 Å². The van der Waals surface area contributed by atoms with E-state index in [1.807, 2.05) is 0 Å². The Morgan fingerprint density at radius 1 is 0.930 bits per heavy atom. The minimum Gasteiger partial charge on any atom is -0.662 e. The van der Waals surface area contributed by atoms with Crippen molar-refractivity contribution in [2.45, 2.75) is 24.9 Å². The van der Waals surface area contributed by atoms with Crippen LogP contribution in [0.3, 0.4) is 0 Å². The standard InChI is InChI=1S/C25H28AsFN4O11S/c27-16-5-1-14(2-6-16)23(36)31-18(25(38)42-41)9-10-20(32)30-19(24(37)28-11-22(34)35)12-43-13-21(33)29-17-7-3-15(4-8-17)26(39)40/h1-8,18-19,39-41H,9-13H2,(H,28,37)(H,29,33)(H,30,32)(H,31,36)(H,34,35)/p-2/t18-,19-/m0/s1/i27-1. The number of hydrogen-bond donors (Lipinski definition) is 6. The third kappa shape index (κ3) is 12.8. The molecular weight excluding hydrogens is 657 g/mol. The Hall–Kier alpha value is -4.02. The molecule has 232 valence electrons. The SMILES string of the molecule is O=C([O-])CNC(=O)[C@H](CSCC(=O)Nc1ccc([As](O)O)cc1)NC(=O)CC[C@H](NC(=O)c1ccc([18F])cc1)C(=O)O[O-]. The van der Waals surface area contributed by atoms with Crippen molar-refractivity contribution in [1.82, 2.24) is 16.0 Å². The van der Waals surface area contributed by atoms with Crippen LogP contribution in [-0.2, 0) is 28.9 Å². The monoisotopic (exact) mass is 683 g/mol. The first kappa shape index (κ1) is 35.2.